The number of anilines is 1. The van der Waals surface area contributed by atoms with Gasteiger partial charge in [-0.05, 0) is 12.5 Å². The zero-order chi connectivity index (χ0) is 13.9. The number of hydrogen-bond donors (Lipinski definition) is 1. The van der Waals surface area contributed by atoms with Crippen LogP contribution < -0.4 is 10.1 Å². The highest BCUT2D eigenvalue weighted by molar-refractivity contribution is 6.29. The van der Waals surface area contributed by atoms with Crippen LogP contribution in [0.2, 0.25) is 5.15 Å². The standard InChI is InChI=1S/C14H12ClN3O2/c15-12-7-16-8-13(17-12)18-14(19)10-5-6-20-11-4-2-1-3-9(10)11/h1-4,7-8,10H,5-6H2,(H,17,18,19). The van der Waals surface area contributed by atoms with Crippen LogP contribution in [0.4, 0.5) is 5.82 Å². The molecule has 1 aliphatic heterocycles. The van der Waals surface area contributed by atoms with E-state index < -0.39 is 0 Å². The lowest BCUT2D eigenvalue weighted by atomic mass is 9.92. The molecule has 102 valence electrons. The summed E-state index contributed by atoms with van der Waals surface area (Å²) in [5.74, 6) is 0.737. The van der Waals surface area contributed by atoms with E-state index in [1.54, 1.807) is 0 Å². The third-order valence-corrected chi connectivity index (χ3v) is 3.31. The molecule has 2 aromatic rings. The molecule has 1 atom stereocenters. The molecule has 0 fully saturated rings. The normalized spacial score (nSPS) is 16.9. The lowest BCUT2D eigenvalue weighted by Gasteiger charge is -2.24. The fourth-order valence-electron chi connectivity index (χ4n) is 2.23. The number of nitrogens with one attached hydrogen (secondary N) is 1. The SMILES string of the molecule is O=C(Nc1cncc(Cl)n1)C1CCOc2ccccc21. The highest BCUT2D eigenvalue weighted by atomic mass is 35.5. The summed E-state index contributed by atoms with van der Waals surface area (Å²) < 4.78 is 5.54. The molecular weight excluding hydrogens is 278 g/mol. The van der Waals surface area contributed by atoms with Crippen molar-refractivity contribution in [3.63, 3.8) is 0 Å². The van der Waals surface area contributed by atoms with Gasteiger partial charge < -0.3 is 10.1 Å². The Bertz CT molecular complexity index is 648. The molecule has 1 unspecified atom stereocenters. The van der Waals surface area contributed by atoms with Crippen LogP contribution in [0.5, 0.6) is 5.75 Å². The first-order chi connectivity index (χ1) is 9.74. The molecule has 1 aromatic carbocycles. The second kappa shape index (κ2) is 5.46. The molecular formula is C14H12ClN3O2. The molecule has 1 N–H and O–H groups in total. The van der Waals surface area contributed by atoms with E-state index >= 15 is 0 Å². The van der Waals surface area contributed by atoms with Crippen LogP contribution in [0.15, 0.2) is 36.7 Å². The molecule has 0 saturated heterocycles. The molecule has 20 heavy (non-hydrogen) atoms. The highest BCUT2D eigenvalue weighted by Gasteiger charge is 2.27. The quantitative estimate of drug-likeness (QED) is 0.923. The van der Waals surface area contributed by atoms with Crippen molar-refractivity contribution in [3.05, 3.63) is 47.4 Å². The van der Waals surface area contributed by atoms with Crippen molar-refractivity contribution >= 4 is 23.3 Å². The van der Waals surface area contributed by atoms with Crippen molar-refractivity contribution in [1.82, 2.24) is 9.97 Å². The average Bonchev–Trinajstić information content (AvgIpc) is 2.46. The summed E-state index contributed by atoms with van der Waals surface area (Å²) in [5.41, 5.74) is 0.895. The third kappa shape index (κ3) is 2.58. The number of amides is 1. The van der Waals surface area contributed by atoms with Gasteiger partial charge in [-0.3, -0.25) is 9.78 Å². The minimum absolute atomic E-state index is 0.127. The second-order valence-corrected chi connectivity index (χ2v) is 4.83. The van der Waals surface area contributed by atoms with E-state index in [1.807, 2.05) is 24.3 Å². The maximum absolute atomic E-state index is 12.4. The number of nitrogens with zero attached hydrogens (tertiary/aromatic N) is 2. The number of carbonyl (C=O) groups is 1. The summed E-state index contributed by atoms with van der Waals surface area (Å²) in [6.45, 7) is 0.524. The Labute approximate surface area is 121 Å². The Morgan fingerprint density at radius 2 is 2.20 bits per heavy atom. The van der Waals surface area contributed by atoms with Gasteiger partial charge in [0.15, 0.2) is 5.82 Å². The van der Waals surface area contributed by atoms with E-state index in [2.05, 4.69) is 15.3 Å². The van der Waals surface area contributed by atoms with Gasteiger partial charge in [0.25, 0.3) is 0 Å². The number of para-hydroxylation sites is 1. The first kappa shape index (κ1) is 12.9. The van der Waals surface area contributed by atoms with Crippen molar-refractivity contribution < 1.29 is 9.53 Å². The summed E-state index contributed by atoms with van der Waals surface area (Å²) in [4.78, 5) is 20.3. The van der Waals surface area contributed by atoms with E-state index in [9.17, 15) is 4.79 Å². The number of carbonyl (C=O) groups excluding carboxylic acids is 1. The fraction of sp³-hybridized carbons (Fsp3) is 0.214. The van der Waals surface area contributed by atoms with E-state index in [0.717, 1.165) is 11.3 Å². The Kier molecular flexibility index (Phi) is 3.52. The minimum Gasteiger partial charge on any atom is -0.493 e. The van der Waals surface area contributed by atoms with Crippen LogP contribution in [0.3, 0.4) is 0 Å². The summed E-state index contributed by atoms with van der Waals surface area (Å²) >= 11 is 5.75. The van der Waals surface area contributed by atoms with Gasteiger partial charge in [0.2, 0.25) is 5.91 Å². The van der Waals surface area contributed by atoms with Crippen molar-refractivity contribution in [2.45, 2.75) is 12.3 Å². The van der Waals surface area contributed by atoms with Gasteiger partial charge in [-0.25, -0.2) is 4.98 Å². The topological polar surface area (TPSA) is 64.1 Å². The van der Waals surface area contributed by atoms with Crippen LogP contribution in [-0.2, 0) is 4.79 Å². The Morgan fingerprint density at radius 1 is 1.35 bits per heavy atom. The number of halogens is 1. The molecule has 0 bridgehead atoms. The van der Waals surface area contributed by atoms with Gasteiger partial charge in [0.05, 0.1) is 24.9 Å². The molecule has 1 aromatic heterocycles. The molecule has 6 heteroatoms. The van der Waals surface area contributed by atoms with Crippen LogP contribution in [-0.4, -0.2) is 22.5 Å². The number of hydrogen-bond acceptors (Lipinski definition) is 4. The Balaban J connectivity index is 1.82. The summed E-state index contributed by atoms with van der Waals surface area (Å²) in [5, 5.41) is 2.99. The second-order valence-electron chi connectivity index (χ2n) is 4.44. The van der Waals surface area contributed by atoms with Crippen LogP contribution in [0.25, 0.3) is 0 Å². The van der Waals surface area contributed by atoms with Gasteiger partial charge in [-0.1, -0.05) is 29.8 Å². The number of aromatic nitrogens is 2. The molecule has 0 saturated carbocycles. The van der Waals surface area contributed by atoms with Crippen molar-refractivity contribution in [2.75, 3.05) is 11.9 Å². The monoisotopic (exact) mass is 289 g/mol. The van der Waals surface area contributed by atoms with Gasteiger partial charge in [-0.15, -0.1) is 0 Å². The zero-order valence-corrected chi connectivity index (χ0v) is 11.3. The Morgan fingerprint density at radius 3 is 3.05 bits per heavy atom. The number of benzene rings is 1. The van der Waals surface area contributed by atoms with Crippen LogP contribution in [0, 0.1) is 0 Å². The van der Waals surface area contributed by atoms with Gasteiger partial charge in [-0.2, -0.15) is 0 Å². The summed E-state index contributed by atoms with van der Waals surface area (Å²) in [6, 6.07) is 7.56. The van der Waals surface area contributed by atoms with Crippen molar-refractivity contribution in [2.24, 2.45) is 0 Å². The zero-order valence-electron chi connectivity index (χ0n) is 10.5. The molecule has 3 rings (SSSR count). The smallest absolute Gasteiger partial charge is 0.233 e. The summed E-state index contributed by atoms with van der Waals surface area (Å²) in [7, 11) is 0. The molecule has 0 radical (unpaired) electrons. The first-order valence-corrected chi connectivity index (χ1v) is 6.62. The largest absolute Gasteiger partial charge is 0.493 e. The number of rotatable bonds is 2. The number of fused-ring (bicyclic) bond motifs is 1. The minimum atomic E-state index is -0.249. The van der Waals surface area contributed by atoms with E-state index in [4.69, 9.17) is 16.3 Å². The van der Waals surface area contributed by atoms with Crippen LogP contribution >= 0.6 is 11.6 Å². The fourth-order valence-corrected chi connectivity index (χ4v) is 2.38. The molecule has 1 amide bonds. The van der Waals surface area contributed by atoms with E-state index in [-0.39, 0.29) is 17.0 Å². The molecule has 5 nitrogen and oxygen atoms in total. The van der Waals surface area contributed by atoms with Crippen molar-refractivity contribution in [3.8, 4) is 5.75 Å². The van der Waals surface area contributed by atoms with Gasteiger partial charge in [0, 0.05) is 5.56 Å². The highest BCUT2D eigenvalue weighted by Crippen LogP contribution is 2.33. The van der Waals surface area contributed by atoms with E-state index in [1.165, 1.54) is 12.4 Å². The van der Waals surface area contributed by atoms with Gasteiger partial charge >= 0.3 is 0 Å². The predicted octanol–water partition coefficient (Wildman–Crippen LogP) is 2.63. The van der Waals surface area contributed by atoms with Crippen LogP contribution in [0.1, 0.15) is 17.9 Å². The average molecular weight is 290 g/mol. The maximum atomic E-state index is 12.4. The van der Waals surface area contributed by atoms with E-state index in [0.29, 0.717) is 18.8 Å². The Hall–Kier alpha value is -2.14. The molecule has 1 aliphatic rings. The third-order valence-electron chi connectivity index (χ3n) is 3.13. The first-order valence-electron chi connectivity index (χ1n) is 6.24. The lowest BCUT2D eigenvalue weighted by molar-refractivity contribution is -0.118. The molecule has 0 spiro atoms. The number of ether oxygens (including phenoxy) is 1. The summed E-state index contributed by atoms with van der Waals surface area (Å²) in [6.07, 6.45) is 3.52. The predicted molar refractivity (Wildman–Crippen MR) is 75.0 cm³/mol. The maximum Gasteiger partial charge on any atom is 0.233 e. The molecule has 2 heterocycles. The van der Waals surface area contributed by atoms with Gasteiger partial charge in [0.1, 0.15) is 10.9 Å². The van der Waals surface area contributed by atoms with Crippen molar-refractivity contribution in [1.29, 1.82) is 0 Å². The lowest BCUT2D eigenvalue weighted by Crippen LogP contribution is -2.26. The molecule has 0 aliphatic carbocycles.